The Morgan fingerprint density at radius 3 is 2.46 bits per heavy atom. The van der Waals surface area contributed by atoms with Crippen LogP contribution in [-0.4, -0.2) is 102 Å². The summed E-state index contributed by atoms with van der Waals surface area (Å²) in [6, 6.07) is -3.61. The second-order valence-corrected chi connectivity index (χ2v) is 7.87. The number of rotatable bonds is 10. The Hall–Kier alpha value is -3.35. The third-order valence-corrected chi connectivity index (χ3v) is 5.30. The Morgan fingerprint density at radius 1 is 1.26 bits per heavy atom. The fraction of sp³-hybridized carbons (Fsp3) is 0.611. The molecule has 0 aromatic carbocycles. The van der Waals surface area contributed by atoms with Gasteiger partial charge in [0.1, 0.15) is 43.1 Å². The molecule has 1 aliphatic rings. The monoisotopic (exact) mass is 505 g/mol. The van der Waals surface area contributed by atoms with E-state index in [1.165, 1.54) is 6.92 Å². The Kier molecular flexibility index (Phi) is 9.07. The van der Waals surface area contributed by atoms with Gasteiger partial charge in [-0.1, -0.05) is 0 Å². The van der Waals surface area contributed by atoms with E-state index < -0.39 is 91.1 Å². The normalized spacial score (nSPS) is 25.3. The molecule has 0 saturated carbocycles. The van der Waals surface area contributed by atoms with Gasteiger partial charge in [-0.2, -0.15) is 0 Å². The quantitative estimate of drug-likeness (QED) is 0.144. The Bertz CT molecular complexity index is 1060. The van der Waals surface area contributed by atoms with Crippen molar-refractivity contribution < 1.29 is 49.4 Å². The summed E-state index contributed by atoms with van der Waals surface area (Å²) >= 11 is 0. The first kappa shape index (κ1) is 27.9. The second kappa shape index (κ2) is 11.4. The molecule has 35 heavy (non-hydrogen) atoms. The van der Waals surface area contributed by atoms with E-state index in [4.69, 9.17) is 16.2 Å². The van der Waals surface area contributed by atoms with Crippen molar-refractivity contribution in [3.63, 3.8) is 0 Å². The minimum atomic E-state index is -1.97. The van der Waals surface area contributed by atoms with Gasteiger partial charge >= 0.3 is 17.8 Å². The van der Waals surface area contributed by atoms with Gasteiger partial charge in [0.2, 0.25) is 5.91 Å². The van der Waals surface area contributed by atoms with Crippen LogP contribution in [0.4, 0.5) is 4.79 Å². The number of carboxylic acid groups (broad SMARTS) is 1. The maximum atomic E-state index is 12.3. The highest BCUT2D eigenvalue weighted by molar-refractivity contribution is 5.87. The molecule has 0 aliphatic carbocycles. The maximum Gasteiger partial charge on any atom is 0.404 e. The molecule has 17 heteroatoms. The summed E-state index contributed by atoms with van der Waals surface area (Å²) in [5, 5.41) is 51.8. The number of aliphatic carboxylic acids is 1. The Balaban J connectivity index is 2.10. The molecule has 0 bridgehead atoms. The number of carbonyl (C=O) groups is 3. The van der Waals surface area contributed by atoms with Gasteiger partial charge in [-0.3, -0.25) is 19.1 Å². The van der Waals surface area contributed by atoms with E-state index in [0.29, 0.717) is 0 Å². The van der Waals surface area contributed by atoms with E-state index >= 15 is 0 Å². The topological polar surface area (TPSA) is 290 Å². The number of H-pyrrole nitrogens is 1. The maximum absolute atomic E-state index is 12.3. The van der Waals surface area contributed by atoms with Crippen LogP contribution in [0.1, 0.15) is 18.2 Å². The largest absolute Gasteiger partial charge is 0.480 e. The summed E-state index contributed by atoms with van der Waals surface area (Å²) in [7, 11) is 0. The van der Waals surface area contributed by atoms with Gasteiger partial charge in [0.15, 0.2) is 6.23 Å². The van der Waals surface area contributed by atoms with Crippen LogP contribution in [0.25, 0.3) is 0 Å². The zero-order chi connectivity index (χ0) is 26.6. The van der Waals surface area contributed by atoms with Gasteiger partial charge in [0.25, 0.3) is 5.56 Å². The number of hydrogen-bond donors (Lipinski definition) is 9. The molecular weight excluding hydrogens is 478 g/mol. The molecule has 1 saturated heterocycles. The SMILES string of the molecule is Cc1cn([C@@H]2O[C@H](C[C@@H](NC(=O)[C@H](N)[C@H](O)[C@@H](O)COC(N)=O)C(=O)O)[C@@H](O)[C@H]2O)c(=O)[nH]c1=O. The predicted octanol–water partition coefficient (Wildman–Crippen LogP) is -5.43. The number of ether oxygens (including phenoxy) is 2. The van der Waals surface area contributed by atoms with Gasteiger partial charge in [-0.15, -0.1) is 0 Å². The first-order chi connectivity index (χ1) is 16.2. The molecule has 1 aromatic rings. The van der Waals surface area contributed by atoms with Crippen LogP contribution in [-0.2, 0) is 19.1 Å². The third-order valence-electron chi connectivity index (χ3n) is 5.30. The number of aliphatic hydroxyl groups excluding tert-OH is 4. The molecule has 2 heterocycles. The van der Waals surface area contributed by atoms with Crippen LogP contribution < -0.4 is 28.0 Å². The number of aromatic amines is 1. The number of nitrogens with two attached hydrogens (primary N) is 2. The van der Waals surface area contributed by atoms with E-state index in [-0.39, 0.29) is 5.56 Å². The van der Waals surface area contributed by atoms with Crippen LogP contribution >= 0.6 is 0 Å². The molecule has 0 radical (unpaired) electrons. The highest BCUT2D eigenvalue weighted by Gasteiger charge is 2.46. The lowest BCUT2D eigenvalue weighted by atomic mass is 10.0. The molecule has 0 spiro atoms. The van der Waals surface area contributed by atoms with E-state index in [1.54, 1.807) is 0 Å². The highest BCUT2D eigenvalue weighted by atomic mass is 16.6. The standard InChI is InChI=1S/C18H27N5O12/c1-5-3-23(18(33)22-13(5)28)15-12(27)11(26)8(35-15)2-6(16(30)31)21-14(29)9(19)10(25)7(24)4-34-17(20)32/h3,6-12,15,24-27H,2,4,19H2,1H3,(H2,20,32)(H,21,29)(H,30,31)(H,22,28,33)/t6-,7+,8-,9-,10-,11-,12-,15-/m1/s1. The molecule has 2 amide bonds. The first-order valence-electron chi connectivity index (χ1n) is 10.1. The molecular formula is C18H27N5O12. The molecule has 0 unspecified atom stereocenters. The van der Waals surface area contributed by atoms with Gasteiger partial charge in [0, 0.05) is 18.2 Å². The molecule has 17 nitrogen and oxygen atoms in total. The third kappa shape index (κ3) is 6.62. The summed E-state index contributed by atoms with van der Waals surface area (Å²) in [5.74, 6) is -2.82. The number of carbonyl (C=O) groups excluding carboxylic acids is 2. The summed E-state index contributed by atoms with van der Waals surface area (Å²) in [6.07, 6.45) is -10.8. The number of nitrogens with one attached hydrogen (secondary N) is 2. The van der Waals surface area contributed by atoms with Crippen LogP contribution in [0.2, 0.25) is 0 Å². The number of hydrogen-bond acceptors (Lipinski definition) is 12. The lowest BCUT2D eigenvalue weighted by Gasteiger charge is -2.25. The number of amides is 2. The summed E-state index contributed by atoms with van der Waals surface area (Å²) in [6.45, 7) is 0.597. The van der Waals surface area contributed by atoms with E-state index in [2.05, 4.69) is 4.74 Å². The van der Waals surface area contributed by atoms with Gasteiger partial charge in [0.05, 0.1) is 6.10 Å². The molecule has 11 N–H and O–H groups in total. The van der Waals surface area contributed by atoms with Crippen molar-refractivity contribution in [1.82, 2.24) is 14.9 Å². The molecule has 8 atom stereocenters. The van der Waals surface area contributed by atoms with E-state index in [1.807, 2.05) is 10.3 Å². The van der Waals surface area contributed by atoms with E-state index in [9.17, 15) is 49.5 Å². The van der Waals surface area contributed by atoms with Crippen molar-refractivity contribution in [3.05, 3.63) is 32.6 Å². The highest BCUT2D eigenvalue weighted by Crippen LogP contribution is 2.30. The first-order valence-corrected chi connectivity index (χ1v) is 10.1. The Morgan fingerprint density at radius 2 is 1.89 bits per heavy atom. The number of primary amides is 1. The minimum Gasteiger partial charge on any atom is -0.480 e. The fourth-order valence-electron chi connectivity index (χ4n) is 3.31. The number of nitrogens with zero attached hydrogens (tertiary/aromatic N) is 1. The smallest absolute Gasteiger partial charge is 0.404 e. The molecule has 1 fully saturated rings. The number of carboxylic acids is 1. The predicted molar refractivity (Wildman–Crippen MR) is 112 cm³/mol. The van der Waals surface area contributed by atoms with Crippen molar-refractivity contribution >= 4 is 18.0 Å². The van der Waals surface area contributed by atoms with Crippen molar-refractivity contribution in [2.75, 3.05) is 6.61 Å². The average molecular weight is 505 g/mol. The molecule has 2 rings (SSSR count). The molecule has 1 aliphatic heterocycles. The van der Waals surface area contributed by atoms with Gasteiger partial charge in [-0.25, -0.2) is 14.4 Å². The van der Waals surface area contributed by atoms with Crippen molar-refractivity contribution in [1.29, 1.82) is 0 Å². The lowest BCUT2D eigenvalue weighted by Crippen LogP contribution is -2.57. The molecule has 1 aromatic heterocycles. The van der Waals surface area contributed by atoms with Gasteiger partial charge in [-0.05, 0) is 6.92 Å². The number of aliphatic hydroxyl groups is 4. The van der Waals surface area contributed by atoms with Crippen LogP contribution in [0.5, 0.6) is 0 Å². The fourth-order valence-corrected chi connectivity index (χ4v) is 3.31. The zero-order valence-electron chi connectivity index (χ0n) is 18.3. The number of aromatic nitrogens is 2. The second-order valence-electron chi connectivity index (χ2n) is 7.87. The van der Waals surface area contributed by atoms with Crippen LogP contribution in [0.3, 0.4) is 0 Å². The minimum absolute atomic E-state index is 0.102. The number of aryl methyl sites for hydroxylation is 1. The van der Waals surface area contributed by atoms with Crippen LogP contribution in [0.15, 0.2) is 15.8 Å². The zero-order valence-corrected chi connectivity index (χ0v) is 18.3. The summed E-state index contributed by atoms with van der Waals surface area (Å²) < 4.78 is 10.6. The van der Waals surface area contributed by atoms with Crippen molar-refractivity contribution in [3.8, 4) is 0 Å². The lowest BCUT2D eigenvalue weighted by molar-refractivity contribution is -0.144. The van der Waals surface area contributed by atoms with Gasteiger partial charge < -0.3 is 51.8 Å². The van der Waals surface area contributed by atoms with Crippen molar-refractivity contribution in [2.45, 2.75) is 62.2 Å². The summed E-state index contributed by atoms with van der Waals surface area (Å²) in [5.41, 5.74) is 8.76. The molecule has 196 valence electrons. The van der Waals surface area contributed by atoms with Crippen molar-refractivity contribution in [2.24, 2.45) is 11.5 Å². The van der Waals surface area contributed by atoms with Crippen LogP contribution in [0, 0.1) is 6.92 Å². The summed E-state index contributed by atoms with van der Waals surface area (Å²) in [4.78, 5) is 60.2. The average Bonchev–Trinajstić information content (AvgIpc) is 3.06. The Labute approximate surface area is 195 Å². The van der Waals surface area contributed by atoms with E-state index in [0.717, 1.165) is 10.8 Å².